The van der Waals surface area contributed by atoms with E-state index in [1.807, 2.05) is 0 Å². The molecule has 142 valence electrons. The molecule has 0 aromatic heterocycles. The van der Waals surface area contributed by atoms with Crippen LogP contribution in [-0.4, -0.2) is 6.54 Å². The highest BCUT2D eigenvalue weighted by atomic mass is 19.1. The van der Waals surface area contributed by atoms with Crippen molar-refractivity contribution in [3.8, 4) is 0 Å². The van der Waals surface area contributed by atoms with Gasteiger partial charge in [0.05, 0.1) is 0 Å². The van der Waals surface area contributed by atoms with E-state index in [-0.39, 0.29) is 5.82 Å². The third-order valence-electron chi connectivity index (χ3n) is 5.41. The molecule has 0 bridgehead atoms. The Labute approximate surface area is 163 Å². The number of fused-ring (bicyclic) bond motifs is 1. The second-order valence-electron chi connectivity index (χ2n) is 7.55. The third kappa shape index (κ3) is 5.82. The summed E-state index contributed by atoms with van der Waals surface area (Å²) in [5.74, 6) is -0.206. The minimum atomic E-state index is -0.206. The normalized spacial score (nSPS) is 13.1. The molecule has 0 unspecified atom stereocenters. The van der Waals surface area contributed by atoms with E-state index >= 15 is 0 Å². The summed E-state index contributed by atoms with van der Waals surface area (Å²) in [4.78, 5) is 0. The van der Waals surface area contributed by atoms with E-state index < -0.39 is 0 Å². The maximum atomic E-state index is 13.0. The number of nitrogens with one attached hydrogen (secondary N) is 1. The number of aryl methyl sites for hydroxylation is 2. The van der Waals surface area contributed by atoms with E-state index in [4.69, 9.17) is 0 Å². The Morgan fingerprint density at radius 3 is 2.44 bits per heavy atom. The van der Waals surface area contributed by atoms with Crippen LogP contribution in [0.5, 0.6) is 0 Å². The highest BCUT2D eigenvalue weighted by molar-refractivity contribution is 5.63. The van der Waals surface area contributed by atoms with E-state index in [2.05, 4.69) is 36.7 Å². The van der Waals surface area contributed by atoms with Gasteiger partial charge in [0.1, 0.15) is 5.82 Å². The predicted molar refractivity (Wildman–Crippen MR) is 113 cm³/mol. The van der Waals surface area contributed by atoms with Crippen LogP contribution in [0.1, 0.15) is 54.4 Å². The summed E-state index contributed by atoms with van der Waals surface area (Å²) >= 11 is 0. The largest absolute Gasteiger partial charge is 0.388 e. The van der Waals surface area contributed by atoms with Gasteiger partial charge in [-0.1, -0.05) is 43.5 Å². The summed E-state index contributed by atoms with van der Waals surface area (Å²) in [7, 11) is 0. The van der Waals surface area contributed by atoms with Crippen molar-refractivity contribution < 1.29 is 4.39 Å². The molecule has 0 heterocycles. The molecular formula is C25H30FN. The first-order valence-corrected chi connectivity index (χ1v) is 10.1. The van der Waals surface area contributed by atoms with Crippen molar-refractivity contribution in [1.82, 2.24) is 5.32 Å². The van der Waals surface area contributed by atoms with E-state index in [1.165, 1.54) is 43.4 Å². The maximum absolute atomic E-state index is 13.0. The van der Waals surface area contributed by atoms with Crippen molar-refractivity contribution in [1.29, 1.82) is 0 Å². The SMILES string of the molecule is C=C(CCCC(=C)c1ccc(F)cc1)NCCc1ccc2c(c1)CCCC2. The summed E-state index contributed by atoms with van der Waals surface area (Å²) in [6.45, 7) is 9.19. The number of hydrogen-bond donors (Lipinski definition) is 1. The second-order valence-corrected chi connectivity index (χ2v) is 7.55. The zero-order chi connectivity index (χ0) is 19.1. The van der Waals surface area contributed by atoms with Gasteiger partial charge in [0.2, 0.25) is 0 Å². The van der Waals surface area contributed by atoms with Gasteiger partial charge in [0.15, 0.2) is 0 Å². The Kier molecular flexibility index (Phi) is 6.86. The molecule has 27 heavy (non-hydrogen) atoms. The average molecular weight is 364 g/mol. The van der Waals surface area contributed by atoms with Crippen LogP contribution >= 0.6 is 0 Å². The number of halogens is 1. The minimum absolute atomic E-state index is 0.206. The molecule has 1 aliphatic carbocycles. The molecule has 3 rings (SSSR count). The van der Waals surface area contributed by atoms with Crippen molar-refractivity contribution in [3.05, 3.63) is 89.4 Å². The Balaban J connectivity index is 1.35. The molecule has 0 amide bonds. The van der Waals surface area contributed by atoms with E-state index in [0.717, 1.165) is 49.1 Å². The number of hydrogen-bond acceptors (Lipinski definition) is 1. The molecule has 0 atom stereocenters. The average Bonchev–Trinajstić information content (AvgIpc) is 2.68. The van der Waals surface area contributed by atoms with E-state index in [9.17, 15) is 4.39 Å². The fraction of sp³-hybridized carbons (Fsp3) is 0.360. The highest BCUT2D eigenvalue weighted by Gasteiger charge is 2.09. The van der Waals surface area contributed by atoms with Crippen LogP contribution in [0.3, 0.4) is 0 Å². The summed E-state index contributed by atoms with van der Waals surface area (Å²) in [6, 6.07) is 13.6. The molecule has 0 radical (unpaired) electrons. The first kappa shape index (κ1) is 19.4. The molecule has 1 N–H and O–H groups in total. The lowest BCUT2D eigenvalue weighted by atomic mass is 9.90. The van der Waals surface area contributed by atoms with Crippen molar-refractivity contribution in [2.75, 3.05) is 6.54 Å². The van der Waals surface area contributed by atoms with Gasteiger partial charge >= 0.3 is 0 Å². The fourth-order valence-electron chi connectivity index (χ4n) is 3.76. The van der Waals surface area contributed by atoms with Crippen molar-refractivity contribution >= 4 is 5.57 Å². The van der Waals surface area contributed by atoms with Gasteiger partial charge in [-0.3, -0.25) is 0 Å². The van der Waals surface area contributed by atoms with E-state index in [0.29, 0.717) is 0 Å². The van der Waals surface area contributed by atoms with Crippen LogP contribution in [0.4, 0.5) is 4.39 Å². The number of benzene rings is 2. The van der Waals surface area contributed by atoms with Gasteiger partial charge in [-0.15, -0.1) is 0 Å². The number of allylic oxidation sites excluding steroid dienone is 2. The molecule has 0 aliphatic heterocycles. The molecule has 1 nitrogen and oxygen atoms in total. The van der Waals surface area contributed by atoms with Crippen LogP contribution in [0.15, 0.2) is 61.3 Å². The zero-order valence-electron chi connectivity index (χ0n) is 16.2. The Hall–Kier alpha value is -2.35. The van der Waals surface area contributed by atoms with Crippen molar-refractivity contribution in [2.24, 2.45) is 0 Å². The van der Waals surface area contributed by atoms with Gasteiger partial charge in [0, 0.05) is 12.2 Å². The predicted octanol–water partition coefficient (Wildman–Crippen LogP) is 6.23. The Morgan fingerprint density at radius 2 is 1.67 bits per heavy atom. The molecule has 0 saturated heterocycles. The topological polar surface area (TPSA) is 12.0 Å². The van der Waals surface area contributed by atoms with Crippen LogP contribution < -0.4 is 5.32 Å². The van der Waals surface area contributed by atoms with Crippen LogP contribution in [0.2, 0.25) is 0 Å². The smallest absolute Gasteiger partial charge is 0.123 e. The molecule has 1 aliphatic rings. The summed E-state index contributed by atoms with van der Waals surface area (Å²) in [5, 5.41) is 3.46. The molecular weight excluding hydrogens is 333 g/mol. The fourth-order valence-corrected chi connectivity index (χ4v) is 3.76. The second kappa shape index (κ2) is 9.55. The van der Waals surface area contributed by atoms with Crippen LogP contribution in [-0.2, 0) is 19.3 Å². The van der Waals surface area contributed by atoms with Gasteiger partial charge in [0.25, 0.3) is 0 Å². The summed E-state index contributed by atoms with van der Waals surface area (Å²) in [5.41, 5.74) is 7.67. The van der Waals surface area contributed by atoms with Gasteiger partial charge in [-0.05, 0) is 91.3 Å². The third-order valence-corrected chi connectivity index (χ3v) is 5.41. The highest BCUT2D eigenvalue weighted by Crippen LogP contribution is 2.22. The first-order valence-electron chi connectivity index (χ1n) is 10.1. The van der Waals surface area contributed by atoms with Gasteiger partial charge < -0.3 is 5.32 Å². The molecule has 2 aromatic carbocycles. The monoisotopic (exact) mass is 363 g/mol. The summed E-state index contributed by atoms with van der Waals surface area (Å²) in [6.07, 6.45) is 9.02. The summed E-state index contributed by atoms with van der Waals surface area (Å²) < 4.78 is 13.0. The van der Waals surface area contributed by atoms with Crippen LogP contribution in [0, 0.1) is 5.82 Å². The van der Waals surface area contributed by atoms with Crippen LogP contribution in [0.25, 0.3) is 5.57 Å². The zero-order valence-corrected chi connectivity index (χ0v) is 16.2. The van der Waals surface area contributed by atoms with Gasteiger partial charge in [-0.25, -0.2) is 4.39 Å². The maximum Gasteiger partial charge on any atom is 0.123 e. The standard InChI is InChI=1S/C25H30FN/c1-19(22-12-14-25(26)15-13-22)6-5-7-20(2)27-17-16-21-10-11-23-8-3-4-9-24(23)18-21/h10-15,18,27H,1-9,16-17H2. The lowest BCUT2D eigenvalue weighted by Gasteiger charge is -2.17. The lowest BCUT2D eigenvalue weighted by molar-refractivity contribution is 0.627. The molecule has 2 aromatic rings. The quantitative estimate of drug-likeness (QED) is 0.556. The number of rotatable bonds is 9. The minimum Gasteiger partial charge on any atom is -0.388 e. The Morgan fingerprint density at radius 1 is 0.926 bits per heavy atom. The first-order chi connectivity index (χ1) is 13.1. The van der Waals surface area contributed by atoms with E-state index in [1.54, 1.807) is 23.3 Å². The molecule has 0 spiro atoms. The molecule has 0 fully saturated rings. The lowest BCUT2D eigenvalue weighted by Crippen LogP contribution is -2.16. The van der Waals surface area contributed by atoms with Crippen molar-refractivity contribution in [2.45, 2.75) is 51.4 Å². The Bertz CT molecular complexity index is 788. The van der Waals surface area contributed by atoms with Gasteiger partial charge in [-0.2, -0.15) is 0 Å². The molecule has 2 heteroatoms. The molecule has 0 saturated carbocycles. The van der Waals surface area contributed by atoms with Crippen molar-refractivity contribution in [3.63, 3.8) is 0 Å².